The maximum Gasteiger partial charge on any atom is 0.352 e. The van der Waals surface area contributed by atoms with Crippen LogP contribution in [0.1, 0.15) is 18.2 Å². The first-order chi connectivity index (χ1) is 14.1. The number of hydrogen-bond acceptors (Lipinski definition) is 4. The predicted molar refractivity (Wildman–Crippen MR) is 112 cm³/mol. The van der Waals surface area contributed by atoms with Gasteiger partial charge in [0, 0.05) is 23.0 Å². The Morgan fingerprint density at radius 1 is 1.07 bits per heavy atom. The van der Waals surface area contributed by atoms with E-state index < -0.39 is 5.69 Å². The quantitative estimate of drug-likeness (QED) is 0.571. The lowest BCUT2D eigenvalue weighted by Gasteiger charge is -2.09. The summed E-state index contributed by atoms with van der Waals surface area (Å²) in [4.78, 5) is 30.1. The number of fused-ring (bicyclic) bond motifs is 1. The summed E-state index contributed by atoms with van der Waals surface area (Å²) in [6.45, 7) is 3.70. The Hall–Kier alpha value is -3.74. The summed E-state index contributed by atoms with van der Waals surface area (Å²) in [6.07, 6.45) is 0.802. The number of aryl methyl sites for hydroxylation is 2. The summed E-state index contributed by atoms with van der Waals surface area (Å²) in [7, 11) is 0. The van der Waals surface area contributed by atoms with E-state index >= 15 is 0 Å². The van der Waals surface area contributed by atoms with Gasteiger partial charge in [-0.2, -0.15) is 0 Å². The Labute approximate surface area is 167 Å². The molecular weight excluding hydrogens is 366 g/mol. The molecule has 0 aliphatic carbocycles. The zero-order valence-corrected chi connectivity index (χ0v) is 16.3. The number of anilines is 1. The van der Waals surface area contributed by atoms with Crippen LogP contribution in [0, 0.1) is 6.92 Å². The third-order valence-electron chi connectivity index (χ3n) is 4.69. The van der Waals surface area contributed by atoms with Crippen LogP contribution < -0.4 is 11.0 Å². The SMILES string of the molecule is CCc1ccccc1NC(=O)Cn1nc2cc(C)nc(-c3ccccc3)n2c1=O. The van der Waals surface area contributed by atoms with Crippen LogP contribution in [0.25, 0.3) is 17.0 Å². The van der Waals surface area contributed by atoms with Crippen LogP contribution in [0.15, 0.2) is 65.5 Å². The molecule has 0 saturated heterocycles. The van der Waals surface area contributed by atoms with Crippen LogP contribution in [0.4, 0.5) is 5.69 Å². The van der Waals surface area contributed by atoms with Crippen LogP contribution >= 0.6 is 0 Å². The number of nitrogens with one attached hydrogen (secondary N) is 1. The number of carbonyl (C=O) groups excluding carboxylic acids is 1. The first-order valence-corrected chi connectivity index (χ1v) is 9.47. The topological polar surface area (TPSA) is 81.3 Å². The van der Waals surface area contributed by atoms with E-state index in [1.807, 2.05) is 68.4 Å². The molecule has 4 aromatic rings. The van der Waals surface area contributed by atoms with Gasteiger partial charge in [0.1, 0.15) is 12.4 Å². The molecule has 2 aromatic heterocycles. The molecule has 7 nitrogen and oxygen atoms in total. The number of aromatic nitrogens is 4. The third-order valence-corrected chi connectivity index (χ3v) is 4.69. The Morgan fingerprint density at radius 2 is 1.79 bits per heavy atom. The van der Waals surface area contributed by atoms with Crippen molar-refractivity contribution in [2.45, 2.75) is 26.8 Å². The van der Waals surface area contributed by atoms with Crippen molar-refractivity contribution >= 4 is 17.2 Å². The average molecular weight is 387 g/mol. The molecule has 2 heterocycles. The van der Waals surface area contributed by atoms with E-state index in [1.165, 1.54) is 9.08 Å². The molecule has 29 heavy (non-hydrogen) atoms. The first kappa shape index (κ1) is 18.6. The number of nitrogens with zero attached hydrogens (tertiary/aromatic N) is 4. The molecule has 0 atom stereocenters. The van der Waals surface area contributed by atoms with Gasteiger partial charge in [-0.1, -0.05) is 55.5 Å². The molecule has 0 aliphatic heterocycles. The fourth-order valence-corrected chi connectivity index (χ4v) is 3.31. The summed E-state index contributed by atoms with van der Waals surface area (Å²) in [5, 5.41) is 7.23. The maximum atomic E-state index is 13.0. The van der Waals surface area contributed by atoms with Crippen molar-refractivity contribution in [3.8, 4) is 11.4 Å². The first-order valence-electron chi connectivity index (χ1n) is 9.47. The summed E-state index contributed by atoms with van der Waals surface area (Å²) in [6, 6.07) is 18.8. The Bertz CT molecular complexity index is 1240. The van der Waals surface area contributed by atoms with Gasteiger partial charge >= 0.3 is 5.69 Å². The van der Waals surface area contributed by atoms with Crippen molar-refractivity contribution < 1.29 is 4.79 Å². The molecule has 0 bridgehead atoms. The second-order valence-corrected chi connectivity index (χ2v) is 6.78. The number of carbonyl (C=O) groups is 1. The van der Waals surface area contributed by atoms with E-state index in [1.54, 1.807) is 6.07 Å². The highest BCUT2D eigenvalue weighted by Gasteiger charge is 2.16. The van der Waals surface area contributed by atoms with Crippen molar-refractivity contribution in [1.82, 2.24) is 19.2 Å². The van der Waals surface area contributed by atoms with Gasteiger partial charge < -0.3 is 5.32 Å². The lowest BCUT2D eigenvalue weighted by molar-refractivity contribution is -0.117. The van der Waals surface area contributed by atoms with E-state index in [9.17, 15) is 9.59 Å². The van der Waals surface area contributed by atoms with E-state index in [4.69, 9.17) is 0 Å². The largest absolute Gasteiger partial charge is 0.352 e. The molecule has 0 fully saturated rings. The highest BCUT2D eigenvalue weighted by Crippen LogP contribution is 2.18. The molecule has 7 heteroatoms. The lowest BCUT2D eigenvalue weighted by atomic mass is 10.1. The fraction of sp³-hybridized carbons (Fsp3) is 0.182. The second kappa shape index (κ2) is 7.71. The van der Waals surface area contributed by atoms with Crippen molar-refractivity contribution in [3.63, 3.8) is 0 Å². The molecule has 4 rings (SSSR count). The van der Waals surface area contributed by atoms with Crippen LogP contribution in [-0.4, -0.2) is 25.1 Å². The molecule has 0 spiro atoms. The van der Waals surface area contributed by atoms with Crippen LogP contribution in [-0.2, 0) is 17.8 Å². The Kier molecular flexibility index (Phi) is 4.95. The fourth-order valence-electron chi connectivity index (χ4n) is 3.31. The molecule has 146 valence electrons. The van der Waals surface area contributed by atoms with Gasteiger partial charge in [0.15, 0.2) is 5.65 Å². The summed E-state index contributed by atoms with van der Waals surface area (Å²) in [5.74, 6) is 0.205. The van der Waals surface area contributed by atoms with E-state index in [0.717, 1.165) is 28.9 Å². The summed E-state index contributed by atoms with van der Waals surface area (Å²) in [5.41, 5.74) is 3.40. The summed E-state index contributed by atoms with van der Waals surface area (Å²) < 4.78 is 2.61. The van der Waals surface area contributed by atoms with Crippen LogP contribution in [0.5, 0.6) is 0 Å². The molecule has 1 N–H and O–H groups in total. The Balaban J connectivity index is 1.70. The van der Waals surface area contributed by atoms with Gasteiger partial charge in [-0.25, -0.2) is 18.9 Å². The van der Waals surface area contributed by atoms with Gasteiger partial charge in [0.05, 0.1) is 0 Å². The second-order valence-electron chi connectivity index (χ2n) is 6.78. The van der Waals surface area contributed by atoms with Crippen molar-refractivity contribution in [2.24, 2.45) is 0 Å². The predicted octanol–water partition coefficient (Wildman–Crippen LogP) is 3.07. The van der Waals surface area contributed by atoms with Crippen molar-refractivity contribution in [2.75, 3.05) is 5.32 Å². The zero-order valence-electron chi connectivity index (χ0n) is 16.3. The number of hydrogen-bond donors (Lipinski definition) is 1. The molecule has 0 unspecified atom stereocenters. The molecule has 1 amide bonds. The van der Waals surface area contributed by atoms with Gasteiger partial charge in [-0.3, -0.25) is 4.79 Å². The monoisotopic (exact) mass is 387 g/mol. The van der Waals surface area contributed by atoms with Crippen molar-refractivity contribution in [1.29, 1.82) is 0 Å². The lowest BCUT2D eigenvalue weighted by Crippen LogP contribution is -2.29. The van der Waals surface area contributed by atoms with Gasteiger partial charge in [-0.05, 0) is 25.0 Å². The minimum Gasteiger partial charge on any atom is -0.324 e. The number of para-hydroxylation sites is 1. The van der Waals surface area contributed by atoms with Gasteiger partial charge in [0.2, 0.25) is 5.91 Å². The normalized spacial score (nSPS) is 11.0. The van der Waals surface area contributed by atoms with Crippen LogP contribution in [0.3, 0.4) is 0 Å². The summed E-state index contributed by atoms with van der Waals surface area (Å²) >= 11 is 0. The zero-order chi connectivity index (χ0) is 20.4. The Morgan fingerprint density at radius 3 is 2.55 bits per heavy atom. The number of amides is 1. The van der Waals surface area contributed by atoms with E-state index in [-0.39, 0.29) is 12.5 Å². The minimum atomic E-state index is -0.398. The van der Waals surface area contributed by atoms with Gasteiger partial charge in [-0.15, -0.1) is 5.10 Å². The molecule has 2 aromatic carbocycles. The number of benzene rings is 2. The third kappa shape index (κ3) is 3.67. The van der Waals surface area contributed by atoms with E-state index in [0.29, 0.717) is 11.5 Å². The maximum absolute atomic E-state index is 13.0. The smallest absolute Gasteiger partial charge is 0.324 e. The standard InChI is InChI=1S/C22H21N5O2/c1-3-16-9-7-8-12-18(16)24-20(28)14-26-22(29)27-19(25-26)13-15(2)23-21(27)17-10-5-4-6-11-17/h4-13H,3,14H2,1-2H3,(H,24,28). The average Bonchev–Trinajstić information content (AvgIpc) is 3.03. The van der Waals surface area contributed by atoms with Crippen LogP contribution in [0.2, 0.25) is 0 Å². The van der Waals surface area contributed by atoms with Crippen molar-refractivity contribution in [3.05, 3.63) is 82.4 Å². The molecule has 0 saturated carbocycles. The molecule has 0 radical (unpaired) electrons. The highest BCUT2D eigenvalue weighted by molar-refractivity contribution is 5.91. The number of rotatable bonds is 5. The minimum absolute atomic E-state index is 0.175. The molecular formula is C22H21N5O2. The highest BCUT2D eigenvalue weighted by atomic mass is 16.2. The van der Waals surface area contributed by atoms with E-state index in [2.05, 4.69) is 15.4 Å². The van der Waals surface area contributed by atoms with Gasteiger partial charge in [0.25, 0.3) is 0 Å². The molecule has 0 aliphatic rings.